The van der Waals surface area contributed by atoms with E-state index in [1.54, 1.807) is 0 Å². The summed E-state index contributed by atoms with van der Waals surface area (Å²) in [6.45, 7) is 4.30. The summed E-state index contributed by atoms with van der Waals surface area (Å²) in [5.74, 6) is 0. The van der Waals surface area contributed by atoms with Crippen molar-refractivity contribution in [2.24, 2.45) is 0 Å². The fraction of sp³-hybridized carbons (Fsp3) is 0.857. The summed E-state index contributed by atoms with van der Waals surface area (Å²) in [6.07, 6.45) is 2.26. The SMILES string of the molecule is CC[C@@H](I)[C@H](CC)SC#N. The molecule has 0 radical (unpaired) electrons. The smallest absolute Gasteiger partial charge is 0.133 e. The van der Waals surface area contributed by atoms with Crippen LogP contribution in [-0.2, 0) is 0 Å². The fourth-order valence-corrected chi connectivity index (χ4v) is 2.33. The number of nitriles is 1. The zero-order valence-electron chi connectivity index (χ0n) is 6.30. The van der Waals surface area contributed by atoms with Gasteiger partial charge in [0.1, 0.15) is 5.40 Å². The van der Waals surface area contributed by atoms with Gasteiger partial charge in [-0.25, -0.2) is 0 Å². The van der Waals surface area contributed by atoms with E-state index in [4.69, 9.17) is 5.26 Å². The van der Waals surface area contributed by atoms with E-state index in [1.807, 2.05) is 0 Å². The molecule has 0 aromatic rings. The van der Waals surface area contributed by atoms with E-state index >= 15 is 0 Å². The predicted octanol–water partition coefficient (Wildman–Crippen LogP) is 3.19. The number of nitrogens with zero attached hydrogens (tertiary/aromatic N) is 1. The first-order valence-electron chi connectivity index (χ1n) is 3.45. The molecule has 0 saturated heterocycles. The van der Waals surface area contributed by atoms with E-state index < -0.39 is 0 Å². The van der Waals surface area contributed by atoms with Gasteiger partial charge in [0.2, 0.25) is 0 Å². The minimum Gasteiger partial charge on any atom is -0.185 e. The van der Waals surface area contributed by atoms with Crippen molar-refractivity contribution in [3.05, 3.63) is 0 Å². The summed E-state index contributed by atoms with van der Waals surface area (Å²) in [5, 5.41) is 11.1. The summed E-state index contributed by atoms with van der Waals surface area (Å²) >= 11 is 3.83. The van der Waals surface area contributed by atoms with Gasteiger partial charge in [-0.15, -0.1) is 0 Å². The molecule has 0 spiro atoms. The van der Waals surface area contributed by atoms with E-state index in [0.717, 1.165) is 12.8 Å². The molecule has 0 heterocycles. The molecule has 0 aromatic heterocycles. The van der Waals surface area contributed by atoms with Crippen molar-refractivity contribution in [2.45, 2.75) is 35.9 Å². The van der Waals surface area contributed by atoms with Gasteiger partial charge in [-0.2, -0.15) is 5.26 Å². The first-order chi connectivity index (χ1) is 4.76. The summed E-state index contributed by atoms with van der Waals surface area (Å²) in [5.41, 5.74) is 0. The van der Waals surface area contributed by atoms with Crippen LogP contribution in [0, 0.1) is 10.7 Å². The zero-order valence-corrected chi connectivity index (χ0v) is 9.28. The molecule has 0 aliphatic heterocycles. The number of halogens is 1. The van der Waals surface area contributed by atoms with Gasteiger partial charge in [-0.05, 0) is 24.6 Å². The molecule has 0 saturated carbocycles. The number of thioether (sulfide) groups is 1. The van der Waals surface area contributed by atoms with Crippen LogP contribution in [0.3, 0.4) is 0 Å². The Bertz CT molecular complexity index is 121. The normalized spacial score (nSPS) is 15.8. The Kier molecular flexibility index (Phi) is 6.65. The molecule has 58 valence electrons. The molecule has 0 N–H and O–H groups in total. The number of hydrogen-bond donors (Lipinski definition) is 0. The van der Waals surface area contributed by atoms with Gasteiger partial charge < -0.3 is 0 Å². The summed E-state index contributed by atoms with van der Waals surface area (Å²) in [6, 6.07) is 0. The van der Waals surface area contributed by atoms with Crippen molar-refractivity contribution in [2.75, 3.05) is 0 Å². The standard InChI is InChI=1S/C7H12INS/c1-3-6(8)7(4-2)10-5-9/h6-7H,3-4H2,1-2H3/t6-,7+/m1/s1. The molecule has 0 unspecified atom stereocenters. The predicted molar refractivity (Wildman–Crippen MR) is 55.4 cm³/mol. The van der Waals surface area contributed by atoms with E-state index in [0.29, 0.717) is 9.17 Å². The van der Waals surface area contributed by atoms with Crippen molar-refractivity contribution in [3.63, 3.8) is 0 Å². The molecule has 3 heteroatoms. The van der Waals surface area contributed by atoms with Crippen LogP contribution in [0.5, 0.6) is 0 Å². The number of rotatable bonds is 4. The highest BCUT2D eigenvalue weighted by Gasteiger charge is 2.14. The Morgan fingerprint density at radius 3 is 2.40 bits per heavy atom. The van der Waals surface area contributed by atoms with Gasteiger partial charge in [-0.3, -0.25) is 0 Å². The first-order valence-corrected chi connectivity index (χ1v) is 5.57. The summed E-state index contributed by atoms with van der Waals surface area (Å²) < 4.78 is 0.646. The average molecular weight is 269 g/mol. The Morgan fingerprint density at radius 1 is 1.50 bits per heavy atom. The maximum Gasteiger partial charge on any atom is 0.133 e. The van der Waals surface area contributed by atoms with E-state index in [2.05, 4.69) is 41.8 Å². The summed E-state index contributed by atoms with van der Waals surface area (Å²) in [7, 11) is 0. The van der Waals surface area contributed by atoms with Gasteiger partial charge in [-0.1, -0.05) is 36.4 Å². The van der Waals surface area contributed by atoms with Crippen LogP contribution in [0.4, 0.5) is 0 Å². The van der Waals surface area contributed by atoms with E-state index in [1.165, 1.54) is 11.8 Å². The molecule has 0 aliphatic carbocycles. The highest BCUT2D eigenvalue weighted by molar-refractivity contribution is 14.1. The summed E-state index contributed by atoms with van der Waals surface area (Å²) in [4.78, 5) is 0. The number of thiocyanates is 1. The van der Waals surface area contributed by atoms with Crippen LogP contribution in [0.25, 0.3) is 0 Å². The quantitative estimate of drug-likeness (QED) is 0.444. The van der Waals surface area contributed by atoms with Crippen LogP contribution in [0.2, 0.25) is 0 Å². The third kappa shape index (κ3) is 3.67. The van der Waals surface area contributed by atoms with Crippen molar-refractivity contribution < 1.29 is 0 Å². The Morgan fingerprint density at radius 2 is 2.10 bits per heavy atom. The minimum absolute atomic E-state index is 0.524. The van der Waals surface area contributed by atoms with Crippen LogP contribution in [-0.4, -0.2) is 9.17 Å². The van der Waals surface area contributed by atoms with Crippen LogP contribution >= 0.6 is 34.4 Å². The number of hydrogen-bond acceptors (Lipinski definition) is 2. The minimum atomic E-state index is 0.524. The van der Waals surface area contributed by atoms with E-state index in [9.17, 15) is 0 Å². The lowest BCUT2D eigenvalue weighted by Gasteiger charge is -2.14. The van der Waals surface area contributed by atoms with Gasteiger partial charge >= 0.3 is 0 Å². The molecule has 1 nitrogen and oxygen atoms in total. The second-order valence-corrected chi connectivity index (χ2v) is 4.70. The van der Waals surface area contributed by atoms with Crippen LogP contribution in [0.1, 0.15) is 26.7 Å². The monoisotopic (exact) mass is 269 g/mol. The molecule has 10 heavy (non-hydrogen) atoms. The number of alkyl halides is 1. The second kappa shape index (κ2) is 6.29. The second-order valence-electron chi connectivity index (χ2n) is 2.08. The van der Waals surface area contributed by atoms with Gasteiger partial charge in [0.25, 0.3) is 0 Å². The third-order valence-electron chi connectivity index (χ3n) is 1.40. The van der Waals surface area contributed by atoms with E-state index in [-0.39, 0.29) is 0 Å². The van der Waals surface area contributed by atoms with Crippen molar-refractivity contribution in [1.82, 2.24) is 0 Å². The third-order valence-corrected chi connectivity index (χ3v) is 4.71. The Hall–Kier alpha value is 0.570. The van der Waals surface area contributed by atoms with Gasteiger partial charge in [0, 0.05) is 9.17 Å². The molecular formula is C7H12INS. The lowest BCUT2D eigenvalue weighted by molar-refractivity contribution is 0.761. The molecule has 0 bridgehead atoms. The maximum atomic E-state index is 8.42. The molecule has 0 aliphatic rings. The van der Waals surface area contributed by atoms with Crippen molar-refractivity contribution in [3.8, 4) is 5.40 Å². The Labute approximate surface area is 80.7 Å². The molecule has 2 atom stereocenters. The largest absolute Gasteiger partial charge is 0.185 e. The van der Waals surface area contributed by atoms with Gasteiger partial charge in [0.05, 0.1) is 0 Å². The van der Waals surface area contributed by atoms with Crippen molar-refractivity contribution in [1.29, 1.82) is 5.26 Å². The van der Waals surface area contributed by atoms with Crippen LogP contribution in [0.15, 0.2) is 0 Å². The maximum absolute atomic E-state index is 8.42. The molecular weight excluding hydrogens is 257 g/mol. The topological polar surface area (TPSA) is 23.8 Å². The van der Waals surface area contributed by atoms with Crippen LogP contribution < -0.4 is 0 Å². The highest BCUT2D eigenvalue weighted by Crippen LogP contribution is 2.24. The lowest BCUT2D eigenvalue weighted by Crippen LogP contribution is -2.13. The van der Waals surface area contributed by atoms with Crippen molar-refractivity contribution >= 4 is 34.4 Å². The highest BCUT2D eigenvalue weighted by atomic mass is 127. The Balaban J connectivity index is 3.70. The molecule has 0 rings (SSSR count). The molecule has 0 fully saturated rings. The average Bonchev–Trinajstić information content (AvgIpc) is 1.99. The molecule has 0 amide bonds. The lowest BCUT2D eigenvalue weighted by atomic mass is 10.2. The first kappa shape index (κ1) is 10.6. The fourth-order valence-electron chi connectivity index (χ4n) is 0.744. The molecule has 0 aromatic carbocycles. The zero-order chi connectivity index (χ0) is 7.98. The van der Waals surface area contributed by atoms with Gasteiger partial charge in [0.15, 0.2) is 0 Å².